The van der Waals surface area contributed by atoms with Crippen molar-refractivity contribution in [2.45, 2.75) is 90.2 Å². The zero-order chi connectivity index (χ0) is 35.4. The molecule has 0 spiro atoms. The first-order chi connectivity index (χ1) is 23.5. The van der Waals surface area contributed by atoms with Gasteiger partial charge in [0.15, 0.2) is 11.5 Å². The molecule has 1 heterocycles. The van der Waals surface area contributed by atoms with Crippen LogP contribution in [0, 0.1) is 5.92 Å². The number of alkyl carbamates (subject to hydrolysis) is 1. The first-order valence-corrected chi connectivity index (χ1v) is 17.2. The molecule has 49 heavy (non-hydrogen) atoms. The van der Waals surface area contributed by atoms with Crippen LogP contribution in [0.1, 0.15) is 77.7 Å². The van der Waals surface area contributed by atoms with Crippen molar-refractivity contribution in [1.82, 2.24) is 20.6 Å². The second kappa shape index (κ2) is 17.9. The number of methoxy groups -OCH3 is 2. The summed E-state index contributed by atoms with van der Waals surface area (Å²) in [4.78, 5) is 46.4. The van der Waals surface area contributed by atoms with Gasteiger partial charge in [0.1, 0.15) is 23.8 Å². The second-order valence-electron chi connectivity index (χ2n) is 13.2. The van der Waals surface area contributed by atoms with Gasteiger partial charge in [-0.2, -0.15) is 0 Å². The Morgan fingerprint density at radius 2 is 1.80 bits per heavy atom. The number of nitrogens with one attached hydrogen (secondary N) is 3. The predicted molar refractivity (Wildman–Crippen MR) is 189 cm³/mol. The minimum atomic E-state index is -0.662. The van der Waals surface area contributed by atoms with E-state index in [1.165, 1.54) is 19.9 Å². The van der Waals surface area contributed by atoms with E-state index in [4.69, 9.17) is 30.5 Å². The number of benzene rings is 2. The molecule has 4 rings (SSSR count). The van der Waals surface area contributed by atoms with E-state index in [9.17, 15) is 14.4 Å². The number of ether oxygens (including phenoxy) is 4. The molecule has 266 valence electrons. The molecule has 2 aromatic carbocycles. The maximum atomic E-state index is 13.1. The molecule has 1 atom stereocenters. The number of fused-ring (bicyclic) bond motifs is 1. The molecule has 2 amide bonds. The van der Waals surface area contributed by atoms with Crippen molar-refractivity contribution in [2.24, 2.45) is 5.92 Å². The predicted octanol–water partition coefficient (Wildman–Crippen LogP) is 6.89. The van der Waals surface area contributed by atoms with Crippen LogP contribution in [0.5, 0.6) is 11.5 Å². The van der Waals surface area contributed by atoms with Crippen LogP contribution in [0.15, 0.2) is 36.7 Å². The largest absolute Gasteiger partial charge is 0.493 e. The summed E-state index contributed by atoms with van der Waals surface area (Å²) in [6.07, 6.45) is 8.30. The topological polar surface area (TPSA) is 150 Å². The van der Waals surface area contributed by atoms with Crippen molar-refractivity contribution in [3.63, 3.8) is 0 Å². The minimum Gasteiger partial charge on any atom is -0.493 e. The Bertz CT molecular complexity index is 1590. The molecule has 1 unspecified atom stereocenters. The summed E-state index contributed by atoms with van der Waals surface area (Å²) in [5.41, 5.74) is 1.58. The van der Waals surface area contributed by atoms with Gasteiger partial charge in [0.05, 0.1) is 26.3 Å². The Labute approximate surface area is 293 Å². The molecule has 1 aliphatic rings. The van der Waals surface area contributed by atoms with Gasteiger partial charge in [-0.25, -0.2) is 19.6 Å². The van der Waals surface area contributed by atoms with Crippen LogP contribution in [0.2, 0.25) is 5.02 Å². The molecular formula is C36H48ClN5O7. The van der Waals surface area contributed by atoms with E-state index in [0.29, 0.717) is 77.3 Å². The maximum absolute atomic E-state index is 13.1. The van der Waals surface area contributed by atoms with Gasteiger partial charge in [0, 0.05) is 35.1 Å². The Balaban J connectivity index is 1.43. The summed E-state index contributed by atoms with van der Waals surface area (Å²) >= 11 is 6.40. The zero-order valence-corrected chi connectivity index (χ0v) is 29.8. The van der Waals surface area contributed by atoms with E-state index < -0.39 is 23.7 Å². The molecule has 0 bridgehead atoms. The normalized spacial score (nSPS) is 14.1. The molecular weight excluding hydrogens is 650 g/mol. The monoisotopic (exact) mass is 697 g/mol. The lowest BCUT2D eigenvalue weighted by molar-refractivity contribution is -0.145. The number of nitrogens with zero attached hydrogens (tertiary/aromatic N) is 2. The van der Waals surface area contributed by atoms with Crippen molar-refractivity contribution in [3.05, 3.63) is 47.2 Å². The summed E-state index contributed by atoms with van der Waals surface area (Å²) in [5, 5.41) is 10.2. The van der Waals surface area contributed by atoms with Crippen LogP contribution >= 0.6 is 11.6 Å². The van der Waals surface area contributed by atoms with Crippen LogP contribution < -0.4 is 25.4 Å². The third kappa shape index (κ3) is 11.7. The number of aromatic nitrogens is 2. The molecule has 1 fully saturated rings. The summed E-state index contributed by atoms with van der Waals surface area (Å²) in [7, 11) is 2.90. The SMILES string of the molecule is COC(=O)C(CC1CCCCC1)NC(=O)CCc1ccc(Cl)cc1Nc1ncnc2cc(OC)c(OCCCNC(=O)OC(C)(C)C)cc12. The maximum Gasteiger partial charge on any atom is 0.407 e. The highest BCUT2D eigenvalue weighted by Gasteiger charge is 2.26. The van der Waals surface area contributed by atoms with E-state index in [1.54, 1.807) is 31.4 Å². The highest BCUT2D eigenvalue weighted by atomic mass is 35.5. The summed E-state index contributed by atoms with van der Waals surface area (Å²) in [6, 6.07) is 8.32. The van der Waals surface area contributed by atoms with Crippen LogP contribution in [-0.2, 0) is 25.5 Å². The van der Waals surface area contributed by atoms with Crippen molar-refractivity contribution >= 4 is 52.0 Å². The van der Waals surface area contributed by atoms with Crippen molar-refractivity contribution < 1.29 is 33.3 Å². The first kappa shape index (κ1) is 37.5. The Kier molecular flexibility index (Phi) is 13.7. The number of amides is 2. The van der Waals surface area contributed by atoms with Crippen molar-refractivity contribution in [2.75, 3.05) is 32.7 Å². The standard InChI is InChI=1S/C36H48ClN5O7/c1-36(2,3)49-35(45)38-16-9-17-48-31-20-26-28(21-30(31)46-4)39-22-40-33(26)42-27-19-25(37)14-12-24(27)13-15-32(43)41-29(34(44)47-5)18-23-10-7-6-8-11-23/h12,14,19-23,29H,6-11,13,15-18H2,1-5H3,(H,38,45)(H,41,43)(H,39,40,42). The quantitative estimate of drug-likeness (QED) is 0.113. The highest BCUT2D eigenvalue weighted by Crippen LogP contribution is 2.36. The molecule has 0 saturated heterocycles. The summed E-state index contributed by atoms with van der Waals surface area (Å²) in [5.74, 6) is 1.26. The number of aryl methyl sites for hydroxylation is 1. The van der Waals surface area contributed by atoms with Gasteiger partial charge in [-0.1, -0.05) is 49.8 Å². The van der Waals surface area contributed by atoms with Crippen molar-refractivity contribution in [3.8, 4) is 11.5 Å². The highest BCUT2D eigenvalue weighted by molar-refractivity contribution is 6.30. The van der Waals surface area contributed by atoms with Crippen molar-refractivity contribution in [1.29, 1.82) is 0 Å². The molecule has 1 aliphatic carbocycles. The Hall–Kier alpha value is -4.32. The van der Waals surface area contributed by atoms with Gasteiger partial charge >= 0.3 is 12.1 Å². The van der Waals surface area contributed by atoms with Crippen LogP contribution in [0.3, 0.4) is 0 Å². The average molecular weight is 698 g/mol. The lowest BCUT2D eigenvalue weighted by Gasteiger charge is -2.25. The lowest BCUT2D eigenvalue weighted by atomic mass is 9.85. The van der Waals surface area contributed by atoms with Gasteiger partial charge < -0.3 is 34.9 Å². The summed E-state index contributed by atoms with van der Waals surface area (Å²) in [6.45, 7) is 6.11. The third-order valence-electron chi connectivity index (χ3n) is 8.23. The minimum absolute atomic E-state index is 0.164. The molecule has 12 nitrogen and oxygen atoms in total. The molecule has 1 saturated carbocycles. The van der Waals surface area contributed by atoms with Gasteiger partial charge in [-0.15, -0.1) is 0 Å². The van der Waals surface area contributed by atoms with Crippen LogP contribution in [0.25, 0.3) is 10.9 Å². The van der Waals surface area contributed by atoms with E-state index in [0.717, 1.165) is 31.2 Å². The average Bonchev–Trinajstić information content (AvgIpc) is 3.06. The lowest BCUT2D eigenvalue weighted by Crippen LogP contribution is -2.43. The summed E-state index contributed by atoms with van der Waals surface area (Å²) < 4.78 is 21.9. The first-order valence-electron chi connectivity index (χ1n) is 16.8. The number of carbonyl (C=O) groups is 3. The zero-order valence-electron chi connectivity index (χ0n) is 29.0. The molecule has 3 aromatic rings. The third-order valence-corrected chi connectivity index (χ3v) is 8.46. The van der Waals surface area contributed by atoms with Gasteiger partial charge in [-0.3, -0.25) is 4.79 Å². The number of halogens is 1. The Morgan fingerprint density at radius 1 is 1.02 bits per heavy atom. The fourth-order valence-electron chi connectivity index (χ4n) is 5.83. The van der Waals surface area contributed by atoms with E-state index >= 15 is 0 Å². The number of rotatable bonds is 15. The Morgan fingerprint density at radius 3 is 2.51 bits per heavy atom. The number of hydrogen-bond donors (Lipinski definition) is 3. The number of anilines is 2. The van der Waals surface area contributed by atoms with E-state index in [2.05, 4.69) is 25.9 Å². The number of hydrogen-bond acceptors (Lipinski definition) is 10. The van der Waals surface area contributed by atoms with E-state index in [-0.39, 0.29) is 12.3 Å². The molecule has 13 heteroatoms. The number of esters is 1. The van der Waals surface area contributed by atoms with Gasteiger partial charge in [0.2, 0.25) is 5.91 Å². The van der Waals surface area contributed by atoms with Gasteiger partial charge in [0.25, 0.3) is 0 Å². The molecule has 1 aromatic heterocycles. The second-order valence-corrected chi connectivity index (χ2v) is 13.6. The fourth-order valence-corrected chi connectivity index (χ4v) is 6.00. The van der Waals surface area contributed by atoms with E-state index in [1.807, 2.05) is 26.8 Å². The molecule has 0 radical (unpaired) electrons. The number of carbonyl (C=O) groups excluding carboxylic acids is 3. The van der Waals surface area contributed by atoms with Crippen LogP contribution in [0.4, 0.5) is 16.3 Å². The fraction of sp³-hybridized carbons (Fsp3) is 0.528. The van der Waals surface area contributed by atoms with Crippen LogP contribution in [-0.4, -0.2) is 67.0 Å². The molecule has 3 N–H and O–H groups in total. The smallest absolute Gasteiger partial charge is 0.407 e. The molecule has 0 aliphatic heterocycles. The van der Waals surface area contributed by atoms with Gasteiger partial charge in [-0.05, 0) is 69.7 Å².